The van der Waals surface area contributed by atoms with Crippen molar-refractivity contribution in [2.24, 2.45) is 5.92 Å². The first-order valence-electron chi connectivity index (χ1n) is 5.03. The highest BCUT2D eigenvalue weighted by molar-refractivity contribution is 5.15. The zero-order valence-corrected chi connectivity index (χ0v) is 9.38. The largest absolute Gasteiger partial charge is 0.618 e. The highest BCUT2D eigenvalue weighted by Crippen LogP contribution is 2.28. The number of halogens is 3. The lowest BCUT2D eigenvalue weighted by molar-refractivity contribution is -0.629. The molecular formula is C11H14F3NO. The van der Waals surface area contributed by atoms with Crippen LogP contribution in [0.2, 0.25) is 0 Å². The van der Waals surface area contributed by atoms with Crippen LogP contribution in [0.1, 0.15) is 37.9 Å². The Kier molecular flexibility index (Phi) is 3.45. The molecule has 5 heteroatoms. The lowest BCUT2D eigenvalue weighted by Gasteiger charge is -2.16. The molecule has 0 aliphatic heterocycles. The zero-order valence-electron chi connectivity index (χ0n) is 9.38. The van der Waals surface area contributed by atoms with Gasteiger partial charge in [0.15, 0.2) is 6.20 Å². The minimum Gasteiger partial charge on any atom is -0.618 e. The molecule has 16 heavy (non-hydrogen) atoms. The summed E-state index contributed by atoms with van der Waals surface area (Å²) < 4.78 is 36.9. The Labute approximate surface area is 92.3 Å². The normalized spacial score (nSPS) is 14.2. The molecule has 0 saturated heterocycles. The van der Waals surface area contributed by atoms with Crippen molar-refractivity contribution in [3.05, 3.63) is 34.8 Å². The summed E-state index contributed by atoms with van der Waals surface area (Å²) in [6, 6.07) is 2.20. The number of alkyl halides is 3. The van der Waals surface area contributed by atoms with Gasteiger partial charge in [-0.15, -0.1) is 0 Å². The molecule has 0 aliphatic carbocycles. The number of hydrogen-bond donors (Lipinski definition) is 0. The van der Waals surface area contributed by atoms with Crippen LogP contribution in [-0.2, 0) is 6.18 Å². The SMILES string of the molecule is CC(C)C(C)c1ccc(C(F)(F)F)[n+]([O-])c1. The van der Waals surface area contributed by atoms with Crippen LogP contribution in [0.3, 0.4) is 0 Å². The van der Waals surface area contributed by atoms with E-state index in [1.807, 2.05) is 20.8 Å². The number of hydrogen-bond acceptors (Lipinski definition) is 1. The van der Waals surface area contributed by atoms with Gasteiger partial charge in [0.25, 0.3) is 5.69 Å². The monoisotopic (exact) mass is 233 g/mol. The van der Waals surface area contributed by atoms with Gasteiger partial charge in [-0.1, -0.05) is 20.8 Å². The molecule has 1 aromatic rings. The maximum absolute atomic E-state index is 12.3. The minimum atomic E-state index is -4.60. The second-order valence-corrected chi connectivity index (χ2v) is 4.20. The standard InChI is InChI=1S/C11H14F3NO/c1-7(2)8(3)9-4-5-10(11(12,13)14)15(16)6-9/h4-8H,1-3H3. The third-order valence-electron chi connectivity index (χ3n) is 2.75. The summed E-state index contributed by atoms with van der Waals surface area (Å²) in [7, 11) is 0. The van der Waals surface area contributed by atoms with E-state index in [4.69, 9.17) is 0 Å². The van der Waals surface area contributed by atoms with Crippen LogP contribution in [0, 0.1) is 11.1 Å². The first-order chi connectivity index (χ1) is 7.23. The number of aromatic nitrogens is 1. The summed E-state index contributed by atoms with van der Waals surface area (Å²) in [5, 5.41) is 11.2. The van der Waals surface area contributed by atoms with E-state index in [1.165, 1.54) is 6.07 Å². The van der Waals surface area contributed by atoms with Gasteiger partial charge in [0, 0.05) is 11.6 Å². The van der Waals surface area contributed by atoms with Gasteiger partial charge < -0.3 is 5.21 Å². The van der Waals surface area contributed by atoms with Crippen LogP contribution >= 0.6 is 0 Å². The van der Waals surface area contributed by atoms with Gasteiger partial charge in [0.2, 0.25) is 0 Å². The summed E-state index contributed by atoms with van der Waals surface area (Å²) >= 11 is 0. The van der Waals surface area contributed by atoms with E-state index < -0.39 is 11.9 Å². The fourth-order valence-corrected chi connectivity index (χ4v) is 1.37. The molecule has 0 bridgehead atoms. The molecule has 1 rings (SSSR count). The maximum atomic E-state index is 12.3. The Balaban J connectivity index is 3.09. The molecule has 0 N–H and O–H groups in total. The van der Waals surface area contributed by atoms with Crippen LogP contribution in [0.5, 0.6) is 0 Å². The van der Waals surface area contributed by atoms with Gasteiger partial charge in [-0.2, -0.15) is 17.9 Å². The van der Waals surface area contributed by atoms with E-state index in [-0.39, 0.29) is 16.6 Å². The van der Waals surface area contributed by atoms with E-state index in [0.29, 0.717) is 5.56 Å². The lowest BCUT2D eigenvalue weighted by atomic mass is 9.91. The third-order valence-corrected chi connectivity index (χ3v) is 2.75. The predicted octanol–water partition coefficient (Wildman–Crippen LogP) is 3.10. The summed E-state index contributed by atoms with van der Waals surface area (Å²) in [4.78, 5) is 0. The molecule has 0 amide bonds. The average molecular weight is 233 g/mol. The maximum Gasteiger partial charge on any atom is 0.478 e. The number of rotatable bonds is 2. The van der Waals surface area contributed by atoms with Gasteiger partial charge in [-0.05, 0) is 17.9 Å². The fraction of sp³-hybridized carbons (Fsp3) is 0.545. The molecule has 0 radical (unpaired) electrons. The average Bonchev–Trinajstić information content (AvgIpc) is 2.14. The molecule has 0 spiro atoms. The molecule has 0 saturated carbocycles. The lowest BCUT2D eigenvalue weighted by Crippen LogP contribution is -2.37. The van der Waals surface area contributed by atoms with E-state index in [0.717, 1.165) is 12.3 Å². The summed E-state index contributed by atoms with van der Waals surface area (Å²) in [5.41, 5.74) is -0.551. The van der Waals surface area contributed by atoms with E-state index >= 15 is 0 Å². The van der Waals surface area contributed by atoms with E-state index in [9.17, 15) is 18.4 Å². The van der Waals surface area contributed by atoms with Crippen molar-refractivity contribution in [2.75, 3.05) is 0 Å². The Hall–Kier alpha value is -1.26. The Morgan fingerprint density at radius 2 is 1.75 bits per heavy atom. The fourth-order valence-electron chi connectivity index (χ4n) is 1.37. The highest BCUT2D eigenvalue weighted by atomic mass is 19.4. The van der Waals surface area contributed by atoms with Crippen LogP contribution < -0.4 is 4.73 Å². The van der Waals surface area contributed by atoms with Gasteiger partial charge >= 0.3 is 6.18 Å². The second kappa shape index (κ2) is 4.31. The first kappa shape index (κ1) is 12.8. The second-order valence-electron chi connectivity index (χ2n) is 4.20. The molecule has 2 nitrogen and oxygen atoms in total. The van der Waals surface area contributed by atoms with Crippen molar-refractivity contribution in [3.63, 3.8) is 0 Å². The molecule has 0 aliphatic rings. The molecule has 0 aromatic carbocycles. The van der Waals surface area contributed by atoms with Crippen LogP contribution in [0.15, 0.2) is 18.3 Å². The predicted molar refractivity (Wildman–Crippen MR) is 53.7 cm³/mol. The van der Waals surface area contributed by atoms with Crippen molar-refractivity contribution < 1.29 is 17.9 Å². The molecule has 90 valence electrons. The molecule has 1 aromatic heterocycles. The van der Waals surface area contributed by atoms with Crippen molar-refractivity contribution in [3.8, 4) is 0 Å². The van der Waals surface area contributed by atoms with E-state index in [2.05, 4.69) is 0 Å². The van der Waals surface area contributed by atoms with Gasteiger partial charge in [0.05, 0.1) is 0 Å². The Bertz CT molecular complexity index is 374. The highest BCUT2D eigenvalue weighted by Gasteiger charge is 2.39. The van der Waals surface area contributed by atoms with Gasteiger partial charge in [-0.3, -0.25) is 0 Å². The number of nitrogens with zero attached hydrogens (tertiary/aromatic N) is 1. The quantitative estimate of drug-likeness (QED) is 0.569. The van der Waals surface area contributed by atoms with Crippen molar-refractivity contribution in [1.29, 1.82) is 0 Å². The summed E-state index contributed by atoms with van der Waals surface area (Å²) in [5.74, 6) is 0.333. The Morgan fingerprint density at radius 1 is 1.19 bits per heavy atom. The smallest absolute Gasteiger partial charge is 0.478 e. The van der Waals surface area contributed by atoms with Gasteiger partial charge in [-0.25, -0.2) is 0 Å². The van der Waals surface area contributed by atoms with Crippen LogP contribution in [0.25, 0.3) is 0 Å². The van der Waals surface area contributed by atoms with Crippen LogP contribution in [0.4, 0.5) is 13.2 Å². The zero-order chi connectivity index (χ0) is 12.5. The minimum absolute atomic E-state index is 0.0579. The Morgan fingerprint density at radius 3 is 2.12 bits per heavy atom. The molecule has 1 atom stereocenters. The number of pyridine rings is 1. The summed E-state index contributed by atoms with van der Waals surface area (Å²) in [6.45, 7) is 5.79. The third kappa shape index (κ3) is 2.65. The molecular weight excluding hydrogens is 219 g/mol. The van der Waals surface area contributed by atoms with Crippen molar-refractivity contribution >= 4 is 0 Å². The molecule has 0 fully saturated rings. The van der Waals surface area contributed by atoms with Gasteiger partial charge in [0.1, 0.15) is 0 Å². The molecule has 1 heterocycles. The van der Waals surface area contributed by atoms with Crippen LogP contribution in [-0.4, -0.2) is 0 Å². The summed E-state index contributed by atoms with van der Waals surface area (Å²) in [6.07, 6.45) is -3.59. The van der Waals surface area contributed by atoms with E-state index in [1.54, 1.807) is 0 Å². The first-order valence-corrected chi connectivity index (χ1v) is 5.03. The van der Waals surface area contributed by atoms with Crippen molar-refractivity contribution in [2.45, 2.75) is 32.9 Å². The topological polar surface area (TPSA) is 26.9 Å². The van der Waals surface area contributed by atoms with Crippen molar-refractivity contribution in [1.82, 2.24) is 0 Å². The molecule has 1 unspecified atom stereocenters.